The van der Waals surface area contributed by atoms with Gasteiger partial charge in [0.05, 0.1) is 18.8 Å². The second-order valence-electron chi connectivity index (χ2n) is 6.66. The SMILES string of the molecule is Cc1cc(Nc2cc(NC[C@@H](O)CO)nc(N[C@@H](C)c3ccc(F)cc3)n2)n[nH]1. The largest absolute Gasteiger partial charge is 0.394 e. The molecule has 9 nitrogen and oxygen atoms in total. The molecule has 0 bridgehead atoms. The molecule has 0 aliphatic carbocycles. The lowest BCUT2D eigenvalue weighted by atomic mass is 10.1. The first-order chi connectivity index (χ1) is 13.9. The van der Waals surface area contributed by atoms with Crippen molar-refractivity contribution in [3.63, 3.8) is 0 Å². The number of anilines is 4. The number of hydrogen-bond acceptors (Lipinski definition) is 8. The molecule has 3 rings (SSSR count). The van der Waals surface area contributed by atoms with E-state index in [0.717, 1.165) is 11.3 Å². The Morgan fingerprint density at radius 3 is 2.48 bits per heavy atom. The number of hydrogen-bond donors (Lipinski definition) is 6. The van der Waals surface area contributed by atoms with Gasteiger partial charge in [-0.2, -0.15) is 15.1 Å². The minimum absolute atomic E-state index is 0.126. The molecule has 10 heteroatoms. The van der Waals surface area contributed by atoms with E-state index in [1.807, 2.05) is 19.9 Å². The molecular formula is C19H24FN7O2. The second kappa shape index (κ2) is 9.30. The molecule has 0 saturated carbocycles. The van der Waals surface area contributed by atoms with Crippen LogP contribution in [0.2, 0.25) is 0 Å². The van der Waals surface area contributed by atoms with E-state index in [2.05, 4.69) is 36.1 Å². The summed E-state index contributed by atoms with van der Waals surface area (Å²) in [6.07, 6.45) is -0.912. The minimum atomic E-state index is -0.912. The van der Waals surface area contributed by atoms with Gasteiger partial charge in [-0.15, -0.1) is 0 Å². The molecule has 0 unspecified atom stereocenters. The summed E-state index contributed by atoms with van der Waals surface area (Å²) in [5, 5.41) is 34.8. The average molecular weight is 401 g/mol. The summed E-state index contributed by atoms with van der Waals surface area (Å²) in [6.45, 7) is 3.57. The van der Waals surface area contributed by atoms with E-state index in [9.17, 15) is 9.50 Å². The molecule has 1 aromatic carbocycles. The van der Waals surface area contributed by atoms with Crippen molar-refractivity contribution in [1.82, 2.24) is 20.2 Å². The molecule has 0 fully saturated rings. The number of nitrogens with zero attached hydrogens (tertiary/aromatic N) is 3. The Kier molecular flexibility index (Phi) is 6.57. The number of benzene rings is 1. The Balaban J connectivity index is 1.81. The van der Waals surface area contributed by atoms with Crippen LogP contribution in [-0.2, 0) is 0 Å². The molecule has 2 aromatic heterocycles. The minimum Gasteiger partial charge on any atom is -0.394 e. The van der Waals surface area contributed by atoms with E-state index in [1.54, 1.807) is 18.2 Å². The molecule has 0 saturated heterocycles. The van der Waals surface area contributed by atoms with E-state index in [4.69, 9.17) is 5.11 Å². The van der Waals surface area contributed by atoms with Crippen molar-refractivity contribution in [2.45, 2.75) is 26.0 Å². The fraction of sp³-hybridized carbons (Fsp3) is 0.316. The van der Waals surface area contributed by atoms with Gasteiger partial charge in [0, 0.05) is 24.4 Å². The molecule has 2 atom stereocenters. The summed E-state index contributed by atoms with van der Waals surface area (Å²) in [5.41, 5.74) is 1.77. The summed E-state index contributed by atoms with van der Waals surface area (Å²) in [6, 6.07) is 9.51. The number of aromatic amines is 1. The van der Waals surface area contributed by atoms with Crippen molar-refractivity contribution < 1.29 is 14.6 Å². The third-order valence-electron chi connectivity index (χ3n) is 4.13. The Morgan fingerprint density at radius 2 is 1.83 bits per heavy atom. The van der Waals surface area contributed by atoms with Gasteiger partial charge in [-0.25, -0.2) is 4.39 Å². The highest BCUT2D eigenvalue weighted by atomic mass is 19.1. The standard InChI is InChI=1S/C19H24FN7O2/c1-11-7-18(27-26-11)23-17-8-16(21-9-15(29)10-28)24-19(25-17)22-12(2)13-3-5-14(20)6-4-13/h3-8,12,15,28-29H,9-10H2,1-2H3,(H4,21,22,23,24,25,26,27)/t12-,15+/m0/s1. The molecule has 154 valence electrons. The van der Waals surface area contributed by atoms with Gasteiger partial charge in [0.2, 0.25) is 5.95 Å². The van der Waals surface area contributed by atoms with Crippen LogP contribution < -0.4 is 16.0 Å². The number of aromatic nitrogens is 4. The van der Waals surface area contributed by atoms with Gasteiger partial charge < -0.3 is 26.2 Å². The highest BCUT2D eigenvalue weighted by molar-refractivity contribution is 5.59. The van der Waals surface area contributed by atoms with E-state index in [-0.39, 0.29) is 25.0 Å². The maximum absolute atomic E-state index is 13.2. The van der Waals surface area contributed by atoms with Crippen LogP contribution in [0.15, 0.2) is 36.4 Å². The topological polar surface area (TPSA) is 131 Å². The molecule has 0 spiro atoms. The normalized spacial score (nSPS) is 13.0. The Hall–Kier alpha value is -3.24. The van der Waals surface area contributed by atoms with Gasteiger partial charge in [-0.3, -0.25) is 5.10 Å². The highest BCUT2D eigenvalue weighted by Crippen LogP contribution is 2.22. The van der Waals surface area contributed by atoms with E-state index in [0.29, 0.717) is 23.4 Å². The summed E-state index contributed by atoms with van der Waals surface area (Å²) in [7, 11) is 0. The predicted octanol–water partition coefficient (Wildman–Crippen LogP) is 2.33. The van der Waals surface area contributed by atoms with Crippen LogP contribution in [0.4, 0.5) is 27.8 Å². The zero-order chi connectivity index (χ0) is 20.8. The van der Waals surface area contributed by atoms with Crippen molar-refractivity contribution in [3.8, 4) is 0 Å². The highest BCUT2D eigenvalue weighted by Gasteiger charge is 2.12. The lowest BCUT2D eigenvalue weighted by Crippen LogP contribution is -2.23. The number of aryl methyl sites for hydroxylation is 1. The fourth-order valence-corrected chi connectivity index (χ4v) is 2.60. The van der Waals surface area contributed by atoms with Crippen LogP contribution in [0.5, 0.6) is 0 Å². The van der Waals surface area contributed by atoms with Crippen LogP contribution in [0.25, 0.3) is 0 Å². The predicted molar refractivity (Wildman–Crippen MR) is 109 cm³/mol. The van der Waals surface area contributed by atoms with E-state index < -0.39 is 6.10 Å². The number of nitrogens with one attached hydrogen (secondary N) is 4. The summed E-state index contributed by atoms with van der Waals surface area (Å²) >= 11 is 0. The fourth-order valence-electron chi connectivity index (χ4n) is 2.60. The number of aliphatic hydroxyl groups excluding tert-OH is 2. The summed E-state index contributed by atoms with van der Waals surface area (Å²) < 4.78 is 13.2. The number of H-pyrrole nitrogens is 1. The van der Waals surface area contributed by atoms with Crippen LogP contribution >= 0.6 is 0 Å². The first-order valence-corrected chi connectivity index (χ1v) is 9.16. The summed E-state index contributed by atoms with van der Waals surface area (Å²) in [5.74, 6) is 1.57. The number of rotatable bonds is 9. The van der Waals surface area contributed by atoms with Crippen molar-refractivity contribution in [2.75, 3.05) is 29.1 Å². The smallest absolute Gasteiger partial charge is 0.227 e. The lowest BCUT2D eigenvalue weighted by Gasteiger charge is -2.17. The molecule has 0 aliphatic heterocycles. The maximum atomic E-state index is 13.2. The van der Waals surface area contributed by atoms with Crippen LogP contribution in [0, 0.1) is 12.7 Å². The second-order valence-corrected chi connectivity index (χ2v) is 6.66. The van der Waals surface area contributed by atoms with Gasteiger partial charge in [0.1, 0.15) is 17.5 Å². The van der Waals surface area contributed by atoms with Crippen molar-refractivity contribution in [1.29, 1.82) is 0 Å². The van der Waals surface area contributed by atoms with Gasteiger partial charge in [-0.1, -0.05) is 12.1 Å². The zero-order valence-corrected chi connectivity index (χ0v) is 16.1. The van der Waals surface area contributed by atoms with Crippen molar-refractivity contribution in [3.05, 3.63) is 53.5 Å². The molecule has 2 heterocycles. The van der Waals surface area contributed by atoms with E-state index in [1.165, 1.54) is 12.1 Å². The molecular weight excluding hydrogens is 377 g/mol. The lowest BCUT2D eigenvalue weighted by molar-refractivity contribution is 0.105. The third-order valence-corrected chi connectivity index (χ3v) is 4.13. The summed E-state index contributed by atoms with van der Waals surface area (Å²) in [4.78, 5) is 8.86. The van der Waals surface area contributed by atoms with Gasteiger partial charge in [0.15, 0.2) is 5.82 Å². The Morgan fingerprint density at radius 1 is 1.10 bits per heavy atom. The first kappa shape index (κ1) is 20.5. The number of aliphatic hydroxyl groups is 2. The molecule has 6 N–H and O–H groups in total. The Labute approximate surface area is 167 Å². The quantitative estimate of drug-likeness (QED) is 0.322. The molecule has 29 heavy (non-hydrogen) atoms. The number of halogens is 1. The third kappa shape index (κ3) is 5.87. The molecule has 3 aromatic rings. The van der Waals surface area contributed by atoms with Gasteiger partial charge in [0.25, 0.3) is 0 Å². The zero-order valence-electron chi connectivity index (χ0n) is 16.1. The molecule has 0 aliphatic rings. The van der Waals surface area contributed by atoms with Gasteiger partial charge >= 0.3 is 0 Å². The van der Waals surface area contributed by atoms with Crippen molar-refractivity contribution in [2.24, 2.45) is 0 Å². The maximum Gasteiger partial charge on any atom is 0.227 e. The van der Waals surface area contributed by atoms with Crippen molar-refractivity contribution >= 4 is 23.4 Å². The van der Waals surface area contributed by atoms with Crippen LogP contribution in [-0.4, -0.2) is 49.6 Å². The van der Waals surface area contributed by atoms with Gasteiger partial charge in [-0.05, 0) is 31.5 Å². The van der Waals surface area contributed by atoms with E-state index >= 15 is 0 Å². The molecule has 0 radical (unpaired) electrons. The van der Waals surface area contributed by atoms with Crippen LogP contribution in [0.1, 0.15) is 24.2 Å². The monoisotopic (exact) mass is 401 g/mol. The first-order valence-electron chi connectivity index (χ1n) is 9.16. The Bertz CT molecular complexity index is 933. The molecule has 0 amide bonds. The van der Waals surface area contributed by atoms with Crippen LogP contribution in [0.3, 0.4) is 0 Å². The average Bonchev–Trinajstić information content (AvgIpc) is 3.11.